The summed E-state index contributed by atoms with van der Waals surface area (Å²) in [6.07, 6.45) is 0. The Balaban J connectivity index is 0.000000963. The number of aromatic nitrogens is 1. The number of halogens is 2. The molecule has 1 aromatic carbocycles. The molecule has 0 fully saturated rings. The van der Waals surface area contributed by atoms with E-state index in [2.05, 4.69) is 15.5 Å². The highest BCUT2D eigenvalue weighted by Crippen LogP contribution is 2.22. The summed E-state index contributed by atoms with van der Waals surface area (Å²) in [7, 11) is 0. The minimum Gasteiger partial charge on any atom is -0.367 e. The zero-order chi connectivity index (χ0) is 10.3. The predicted molar refractivity (Wildman–Crippen MR) is 65.7 cm³/mol. The van der Waals surface area contributed by atoms with Crippen molar-refractivity contribution in [2.24, 2.45) is 4.99 Å². The number of benzene rings is 1. The lowest BCUT2D eigenvalue weighted by Crippen LogP contribution is -2.19. The summed E-state index contributed by atoms with van der Waals surface area (Å²) in [5.41, 5.74) is 1.45. The molecule has 0 saturated carbocycles. The van der Waals surface area contributed by atoms with Crippen molar-refractivity contribution in [3.63, 3.8) is 0 Å². The molecule has 1 aromatic heterocycles. The van der Waals surface area contributed by atoms with E-state index in [1.54, 1.807) is 6.07 Å². The topological polar surface area (TPSA) is 50.4 Å². The van der Waals surface area contributed by atoms with Crippen LogP contribution in [-0.2, 0) is 0 Å². The molecule has 84 valence electrons. The van der Waals surface area contributed by atoms with E-state index >= 15 is 0 Å². The SMILES string of the molecule is Cl.Clc1ccc2c(C3=NCCN3)noc2c1. The normalized spacial score (nSPS) is 14.4. The smallest absolute Gasteiger partial charge is 0.169 e. The van der Waals surface area contributed by atoms with E-state index in [-0.39, 0.29) is 12.4 Å². The summed E-state index contributed by atoms with van der Waals surface area (Å²) >= 11 is 5.85. The second-order valence-corrected chi connectivity index (χ2v) is 3.77. The molecule has 0 atom stereocenters. The van der Waals surface area contributed by atoms with Gasteiger partial charge in [0.05, 0.1) is 11.9 Å². The van der Waals surface area contributed by atoms with Gasteiger partial charge in [0.15, 0.2) is 17.1 Å². The third-order valence-electron chi connectivity index (χ3n) is 2.33. The van der Waals surface area contributed by atoms with Crippen LogP contribution in [0.2, 0.25) is 5.02 Å². The summed E-state index contributed by atoms with van der Waals surface area (Å²) in [6, 6.07) is 5.47. The van der Waals surface area contributed by atoms with Gasteiger partial charge in [0.2, 0.25) is 0 Å². The number of nitrogens with zero attached hydrogens (tertiary/aromatic N) is 2. The molecule has 0 bridgehead atoms. The van der Waals surface area contributed by atoms with E-state index in [0.717, 1.165) is 30.0 Å². The van der Waals surface area contributed by atoms with Crippen LogP contribution >= 0.6 is 24.0 Å². The second kappa shape index (κ2) is 4.31. The minimum atomic E-state index is 0. The molecule has 1 N–H and O–H groups in total. The summed E-state index contributed by atoms with van der Waals surface area (Å²) in [5.74, 6) is 0.802. The van der Waals surface area contributed by atoms with Gasteiger partial charge in [-0.05, 0) is 12.1 Å². The maximum Gasteiger partial charge on any atom is 0.169 e. The van der Waals surface area contributed by atoms with Crippen LogP contribution in [0.15, 0.2) is 27.7 Å². The molecule has 0 unspecified atom stereocenters. The Morgan fingerprint density at radius 2 is 2.25 bits per heavy atom. The number of aliphatic imine (C=N–C) groups is 1. The second-order valence-electron chi connectivity index (χ2n) is 3.33. The number of hydrogen-bond acceptors (Lipinski definition) is 4. The van der Waals surface area contributed by atoms with Crippen LogP contribution in [-0.4, -0.2) is 24.1 Å². The number of rotatable bonds is 1. The quantitative estimate of drug-likeness (QED) is 0.853. The van der Waals surface area contributed by atoms with Crippen LogP contribution in [0, 0.1) is 0 Å². The Labute approximate surface area is 103 Å². The highest BCUT2D eigenvalue weighted by atomic mass is 35.5. The molecule has 6 heteroatoms. The standard InChI is InChI=1S/C10H8ClN3O.ClH/c11-6-1-2-7-8(5-6)15-14-9(7)10-12-3-4-13-10;/h1-2,5H,3-4H2,(H,12,13);1H. The van der Waals surface area contributed by atoms with Gasteiger partial charge in [0, 0.05) is 17.6 Å². The van der Waals surface area contributed by atoms with Crippen LogP contribution in [0.25, 0.3) is 11.0 Å². The first kappa shape index (κ1) is 11.2. The monoisotopic (exact) mass is 257 g/mol. The molecule has 2 aromatic rings. The Morgan fingerprint density at radius 3 is 3.00 bits per heavy atom. The van der Waals surface area contributed by atoms with Crippen molar-refractivity contribution >= 4 is 40.8 Å². The number of hydrogen-bond donors (Lipinski definition) is 1. The van der Waals surface area contributed by atoms with Crippen molar-refractivity contribution in [3.05, 3.63) is 28.9 Å². The fourth-order valence-electron chi connectivity index (χ4n) is 1.64. The first-order valence-corrected chi connectivity index (χ1v) is 5.06. The zero-order valence-corrected chi connectivity index (χ0v) is 9.81. The Kier molecular flexibility index (Phi) is 3.03. The van der Waals surface area contributed by atoms with Crippen molar-refractivity contribution < 1.29 is 4.52 Å². The summed E-state index contributed by atoms with van der Waals surface area (Å²) < 4.78 is 5.19. The van der Waals surface area contributed by atoms with E-state index in [9.17, 15) is 0 Å². The van der Waals surface area contributed by atoms with Gasteiger partial charge in [-0.15, -0.1) is 12.4 Å². The zero-order valence-electron chi connectivity index (χ0n) is 8.24. The van der Waals surface area contributed by atoms with Crippen LogP contribution in [0.5, 0.6) is 0 Å². The van der Waals surface area contributed by atoms with Gasteiger partial charge in [0.1, 0.15) is 0 Å². The highest BCUT2D eigenvalue weighted by molar-refractivity contribution is 6.31. The van der Waals surface area contributed by atoms with Crippen molar-refractivity contribution in [2.45, 2.75) is 0 Å². The fourth-order valence-corrected chi connectivity index (χ4v) is 1.80. The largest absolute Gasteiger partial charge is 0.367 e. The molecule has 2 heterocycles. The Morgan fingerprint density at radius 1 is 1.38 bits per heavy atom. The first-order chi connectivity index (χ1) is 7.34. The average molecular weight is 258 g/mol. The summed E-state index contributed by atoms with van der Waals surface area (Å²) in [6.45, 7) is 1.65. The van der Waals surface area contributed by atoms with E-state index in [4.69, 9.17) is 16.1 Å². The van der Waals surface area contributed by atoms with Gasteiger partial charge in [-0.25, -0.2) is 0 Å². The lowest BCUT2D eigenvalue weighted by molar-refractivity contribution is 0.454. The number of nitrogens with one attached hydrogen (secondary N) is 1. The number of fused-ring (bicyclic) bond motifs is 1. The van der Waals surface area contributed by atoms with Crippen molar-refractivity contribution in [3.8, 4) is 0 Å². The van der Waals surface area contributed by atoms with Crippen molar-refractivity contribution in [1.82, 2.24) is 10.5 Å². The molecule has 1 aliphatic heterocycles. The molecule has 0 spiro atoms. The Bertz CT molecular complexity index is 550. The lowest BCUT2D eigenvalue weighted by atomic mass is 10.2. The maximum atomic E-state index is 5.85. The van der Waals surface area contributed by atoms with E-state index in [1.165, 1.54) is 0 Å². The van der Waals surface area contributed by atoms with Gasteiger partial charge in [-0.2, -0.15) is 0 Å². The van der Waals surface area contributed by atoms with Gasteiger partial charge in [-0.1, -0.05) is 16.8 Å². The number of amidine groups is 1. The third kappa shape index (κ3) is 1.74. The lowest BCUT2D eigenvalue weighted by Gasteiger charge is -1.96. The maximum absolute atomic E-state index is 5.85. The Hall–Kier alpha value is -1.26. The summed E-state index contributed by atoms with van der Waals surface area (Å²) in [5, 5.41) is 8.73. The van der Waals surface area contributed by atoms with Gasteiger partial charge < -0.3 is 9.84 Å². The molecule has 16 heavy (non-hydrogen) atoms. The molecule has 0 aliphatic carbocycles. The van der Waals surface area contributed by atoms with E-state index in [1.807, 2.05) is 12.1 Å². The van der Waals surface area contributed by atoms with Gasteiger partial charge >= 0.3 is 0 Å². The molecular weight excluding hydrogens is 249 g/mol. The van der Waals surface area contributed by atoms with Crippen LogP contribution in [0.3, 0.4) is 0 Å². The van der Waals surface area contributed by atoms with Crippen molar-refractivity contribution in [1.29, 1.82) is 0 Å². The predicted octanol–water partition coefficient (Wildman–Crippen LogP) is 2.25. The molecule has 4 nitrogen and oxygen atoms in total. The average Bonchev–Trinajstić information content (AvgIpc) is 2.82. The molecule has 1 aliphatic rings. The van der Waals surface area contributed by atoms with Gasteiger partial charge in [0.25, 0.3) is 0 Å². The molecule has 3 rings (SSSR count). The molecule has 0 radical (unpaired) electrons. The first-order valence-electron chi connectivity index (χ1n) is 4.68. The minimum absolute atomic E-state index is 0. The highest BCUT2D eigenvalue weighted by Gasteiger charge is 2.16. The van der Waals surface area contributed by atoms with Crippen LogP contribution in [0.1, 0.15) is 5.69 Å². The van der Waals surface area contributed by atoms with E-state index < -0.39 is 0 Å². The fraction of sp³-hybridized carbons (Fsp3) is 0.200. The van der Waals surface area contributed by atoms with Crippen LogP contribution in [0.4, 0.5) is 0 Å². The molecule has 0 amide bonds. The van der Waals surface area contributed by atoms with Crippen LogP contribution < -0.4 is 5.32 Å². The van der Waals surface area contributed by atoms with Crippen molar-refractivity contribution in [2.75, 3.05) is 13.1 Å². The van der Waals surface area contributed by atoms with E-state index in [0.29, 0.717) is 10.6 Å². The molecular formula is C10H9Cl2N3O. The summed E-state index contributed by atoms with van der Waals surface area (Å²) in [4.78, 5) is 4.30. The van der Waals surface area contributed by atoms with Gasteiger partial charge in [-0.3, -0.25) is 4.99 Å². The third-order valence-corrected chi connectivity index (χ3v) is 2.57. The molecule has 0 saturated heterocycles.